The third kappa shape index (κ3) is 2.98. The number of halogens is 2. The fourth-order valence-electron chi connectivity index (χ4n) is 0.737. The van der Waals surface area contributed by atoms with Crippen molar-refractivity contribution in [1.29, 1.82) is 0 Å². The van der Waals surface area contributed by atoms with Crippen LogP contribution in [0.3, 0.4) is 0 Å². The highest BCUT2D eigenvalue weighted by Gasteiger charge is 1.97. The Kier molecular flexibility index (Phi) is 3.81. The third-order valence-electron chi connectivity index (χ3n) is 1.16. The number of hydrogen-bond acceptors (Lipinski definition) is 1. The van der Waals surface area contributed by atoms with Gasteiger partial charge < -0.3 is 0 Å². The molecule has 0 amide bonds. The van der Waals surface area contributed by atoms with Gasteiger partial charge in [-0.25, -0.2) is 0 Å². The lowest BCUT2D eigenvalue weighted by Crippen LogP contribution is -1.75. The summed E-state index contributed by atoms with van der Waals surface area (Å²) in [6, 6.07) is 5.38. The van der Waals surface area contributed by atoms with Crippen LogP contribution >= 0.6 is 35.0 Å². The van der Waals surface area contributed by atoms with Gasteiger partial charge in [0.2, 0.25) is 0 Å². The Morgan fingerprint density at radius 1 is 1.25 bits per heavy atom. The van der Waals surface area contributed by atoms with E-state index in [4.69, 9.17) is 29.6 Å². The number of hydrogen-bond donors (Lipinski definition) is 0. The van der Waals surface area contributed by atoms with E-state index in [1.54, 1.807) is 17.8 Å². The number of thioether (sulfide) groups is 1. The molecule has 0 heterocycles. The molecule has 0 spiro atoms. The second-order valence-electron chi connectivity index (χ2n) is 2.10. The van der Waals surface area contributed by atoms with Gasteiger partial charge in [0.05, 0.1) is 5.75 Å². The summed E-state index contributed by atoms with van der Waals surface area (Å²) in [7, 11) is 0. The monoisotopic (exact) mass is 216 g/mol. The maximum atomic E-state index is 5.78. The molecule has 1 rings (SSSR count). The van der Waals surface area contributed by atoms with Crippen LogP contribution < -0.4 is 0 Å². The van der Waals surface area contributed by atoms with E-state index in [9.17, 15) is 0 Å². The van der Waals surface area contributed by atoms with Gasteiger partial charge in [0, 0.05) is 14.9 Å². The van der Waals surface area contributed by atoms with Gasteiger partial charge in [-0.15, -0.1) is 18.2 Å². The molecule has 0 aliphatic heterocycles. The fourth-order valence-corrected chi connectivity index (χ4v) is 2.06. The molecule has 3 heteroatoms. The van der Waals surface area contributed by atoms with Crippen molar-refractivity contribution in [3.8, 4) is 12.3 Å². The van der Waals surface area contributed by atoms with Crippen molar-refractivity contribution in [2.24, 2.45) is 0 Å². The minimum absolute atomic E-state index is 0.636. The summed E-state index contributed by atoms with van der Waals surface area (Å²) in [6.07, 6.45) is 5.12. The predicted octanol–water partition coefficient (Wildman–Crippen LogP) is 3.72. The van der Waals surface area contributed by atoms with Crippen molar-refractivity contribution in [2.45, 2.75) is 4.90 Å². The van der Waals surface area contributed by atoms with Gasteiger partial charge in [0.15, 0.2) is 0 Å². The summed E-state index contributed by atoms with van der Waals surface area (Å²) in [5.41, 5.74) is 0. The van der Waals surface area contributed by atoms with Crippen LogP contribution in [0.25, 0.3) is 0 Å². The van der Waals surface area contributed by atoms with Gasteiger partial charge in [-0.2, -0.15) is 0 Å². The molecular weight excluding hydrogens is 211 g/mol. The molecule has 0 aliphatic rings. The van der Waals surface area contributed by atoms with E-state index in [2.05, 4.69) is 5.92 Å². The quantitative estimate of drug-likeness (QED) is 0.537. The normalized spacial score (nSPS) is 9.42. The number of terminal acetylenes is 1. The molecular formula is C9H6Cl2S. The van der Waals surface area contributed by atoms with E-state index >= 15 is 0 Å². The second-order valence-corrected chi connectivity index (χ2v) is 4.02. The topological polar surface area (TPSA) is 0 Å². The van der Waals surface area contributed by atoms with Gasteiger partial charge in [-0.05, 0) is 18.2 Å². The first-order chi connectivity index (χ1) is 5.72. The highest BCUT2D eigenvalue weighted by atomic mass is 35.5. The smallest absolute Gasteiger partial charge is 0.0592 e. The minimum Gasteiger partial charge on any atom is -0.119 e. The Balaban J connectivity index is 2.80. The zero-order valence-electron chi connectivity index (χ0n) is 6.18. The molecule has 1 aromatic rings. The van der Waals surface area contributed by atoms with Crippen LogP contribution in [0.15, 0.2) is 23.1 Å². The van der Waals surface area contributed by atoms with Crippen LogP contribution in [-0.4, -0.2) is 5.75 Å². The average molecular weight is 217 g/mol. The molecule has 0 radical (unpaired) electrons. The number of rotatable bonds is 2. The van der Waals surface area contributed by atoms with Crippen molar-refractivity contribution in [1.82, 2.24) is 0 Å². The van der Waals surface area contributed by atoms with E-state index in [-0.39, 0.29) is 0 Å². The Morgan fingerprint density at radius 2 is 1.83 bits per heavy atom. The third-order valence-corrected chi connectivity index (χ3v) is 2.47. The van der Waals surface area contributed by atoms with Crippen LogP contribution in [0, 0.1) is 12.3 Å². The van der Waals surface area contributed by atoms with Crippen molar-refractivity contribution < 1.29 is 0 Å². The van der Waals surface area contributed by atoms with E-state index in [1.165, 1.54) is 0 Å². The molecule has 12 heavy (non-hydrogen) atoms. The lowest BCUT2D eigenvalue weighted by molar-refractivity contribution is 1.46. The maximum Gasteiger partial charge on any atom is 0.0592 e. The lowest BCUT2D eigenvalue weighted by Gasteiger charge is -1.99. The van der Waals surface area contributed by atoms with Gasteiger partial charge in [-0.1, -0.05) is 29.1 Å². The summed E-state index contributed by atoms with van der Waals surface area (Å²) >= 11 is 13.1. The minimum atomic E-state index is 0.636. The zero-order chi connectivity index (χ0) is 8.97. The van der Waals surface area contributed by atoms with Crippen LogP contribution in [0.2, 0.25) is 10.0 Å². The Hall–Kier alpha value is -0.290. The molecule has 62 valence electrons. The molecule has 0 N–H and O–H groups in total. The summed E-state index contributed by atoms with van der Waals surface area (Å²) < 4.78 is 0. The van der Waals surface area contributed by atoms with Crippen molar-refractivity contribution in [3.05, 3.63) is 28.2 Å². The van der Waals surface area contributed by atoms with E-state index in [0.717, 1.165) is 4.90 Å². The van der Waals surface area contributed by atoms with E-state index in [1.807, 2.05) is 12.1 Å². The van der Waals surface area contributed by atoms with Gasteiger partial charge in [0.1, 0.15) is 0 Å². The largest absolute Gasteiger partial charge is 0.119 e. The summed E-state index contributed by atoms with van der Waals surface area (Å²) in [6.45, 7) is 0. The second kappa shape index (κ2) is 4.67. The summed E-state index contributed by atoms with van der Waals surface area (Å²) in [4.78, 5) is 1.01. The molecule has 0 unspecified atom stereocenters. The van der Waals surface area contributed by atoms with Crippen LogP contribution in [0.1, 0.15) is 0 Å². The molecule has 0 fully saturated rings. The first-order valence-corrected chi connectivity index (χ1v) is 4.99. The fraction of sp³-hybridized carbons (Fsp3) is 0.111. The molecule has 0 aromatic heterocycles. The van der Waals surface area contributed by atoms with Crippen molar-refractivity contribution in [2.75, 3.05) is 5.75 Å². The summed E-state index contributed by atoms with van der Waals surface area (Å²) in [5.74, 6) is 3.17. The Morgan fingerprint density at radius 3 is 2.33 bits per heavy atom. The van der Waals surface area contributed by atoms with Crippen LogP contribution in [0.5, 0.6) is 0 Å². The maximum absolute atomic E-state index is 5.78. The van der Waals surface area contributed by atoms with Gasteiger partial charge in [0.25, 0.3) is 0 Å². The van der Waals surface area contributed by atoms with Crippen LogP contribution in [0.4, 0.5) is 0 Å². The number of benzene rings is 1. The first kappa shape index (κ1) is 9.80. The average Bonchev–Trinajstić information content (AvgIpc) is 1.99. The molecule has 0 aliphatic carbocycles. The highest BCUT2D eigenvalue weighted by molar-refractivity contribution is 7.99. The van der Waals surface area contributed by atoms with Gasteiger partial charge in [-0.3, -0.25) is 0 Å². The van der Waals surface area contributed by atoms with E-state index < -0.39 is 0 Å². The molecule has 0 saturated heterocycles. The lowest BCUT2D eigenvalue weighted by atomic mass is 10.4. The molecule has 0 atom stereocenters. The first-order valence-electron chi connectivity index (χ1n) is 3.25. The van der Waals surface area contributed by atoms with Crippen molar-refractivity contribution in [3.63, 3.8) is 0 Å². The molecule has 1 aromatic carbocycles. The zero-order valence-corrected chi connectivity index (χ0v) is 8.51. The Bertz CT molecular complexity index is 295. The Labute approximate surface area is 86.3 Å². The molecule has 0 nitrogen and oxygen atoms in total. The van der Waals surface area contributed by atoms with Crippen LogP contribution in [-0.2, 0) is 0 Å². The molecule has 0 bridgehead atoms. The SMILES string of the molecule is C#CCSc1cc(Cl)cc(Cl)c1. The predicted molar refractivity (Wildman–Crippen MR) is 56.0 cm³/mol. The summed E-state index contributed by atoms with van der Waals surface area (Å²) in [5, 5.41) is 1.28. The van der Waals surface area contributed by atoms with Crippen molar-refractivity contribution >= 4 is 35.0 Å². The highest BCUT2D eigenvalue weighted by Crippen LogP contribution is 2.25. The van der Waals surface area contributed by atoms with E-state index in [0.29, 0.717) is 15.8 Å². The molecule has 0 saturated carbocycles. The van der Waals surface area contributed by atoms with Gasteiger partial charge >= 0.3 is 0 Å². The standard InChI is InChI=1S/C9H6Cl2S/c1-2-3-12-9-5-7(10)4-8(11)6-9/h1,4-6H,3H2.